The normalized spacial score (nSPS) is 11.0. The number of fused-ring (bicyclic) bond motifs is 1. The van der Waals surface area contributed by atoms with Gasteiger partial charge in [-0.25, -0.2) is 4.98 Å². The van der Waals surface area contributed by atoms with Crippen LogP contribution in [-0.4, -0.2) is 22.3 Å². The summed E-state index contributed by atoms with van der Waals surface area (Å²) >= 11 is 1.40. The Morgan fingerprint density at radius 2 is 2.05 bits per heavy atom. The third-order valence-corrected chi connectivity index (χ3v) is 4.34. The molecule has 3 aromatic rings. The lowest BCUT2D eigenvalue weighted by Gasteiger charge is -2.16. The van der Waals surface area contributed by atoms with Gasteiger partial charge < -0.3 is 10.6 Å². The van der Waals surface area contributed by atoms with E-state index in [1.807, 2.05) is 48.0 Å². The molecule has 2 N–H and O–H groups in total. The SMILES string of the molecule is Cc1cn2cc(C(=O)N(C)c3ccc(CN)cc3)sc2n1. The third kappa shape index (κ3) is 2.55. The van der Waals surface area contributed by atoms with Gasteiger partial charge in [0.05, 0.1) is 5.69 Å². The van der Waals surface area contributed by atoms with Crippen LogP contribution in [-0.2, 0) is 6.54 Å². The Balaban J connectivity index is 1.86. The highest BCUT2D eigenvalue weighted by atomic mass is 32.1. The summed E-state index contributed by atoms with van der Waals surface area (Å²) in [5, 5.41) is 0. The maximum absolute atomic E-state index is 12.5. The van der Waals surface area contributed by atoms with Crippen LogP contribution in [0.3, 0.4) is 0 Å². The zero-order valence-corrected chi connectivity index (χ0v) is 12.7. The summed E-state index contributed by atoms with van der Waals surface area (Å²) in [6, 6.07) is 7.68. The molecule has 5 nitrogen and oxygen atoms in total. The minimum Gasteiger partial charge on any atom is -0.326 e. The molecular formula is C15H16N4OS. The molecule has 0 saturated heterocycles. The molecule has 0 spiro atoms. The van der Waals surface area contributed by atoms with E-state index in [-0.39, 0.29) is 5.91 Å². The molecule has 0 bridgehead atoms. The van der Waals surface area contributed by atoms with E-state index >= 15 is 0 Å². The molecule has 0 aliphatic heterocycles. The molecule has 2 aromatic heterocycles. The topological polar surface area (TPSA) is 63.6 Å². The van der Waals surface area contributed by atoms with Crippen LogP contribution in [0.5, 0.6) is 0 Å². The molecule has 0 atom stereocenters. The number of benzene rings is 1. The number of anilines is 1. The largest absolute Gasteiger partial charge is 0.326 e. The van der Waals surface area contributed by atoms with Crippen molar-refractivity contribution in [1.29, 1.82) is 0 Å². The van der Waals surface area contributed by atoms with Gasteiger partial charge in [-0.05, 0) is 24.6 Å². The zero-order valence-electron chi connectivity index (χ0n) is 11.9. The van der Waals surface area contributed by atoms with E-state index in [0.717, 1.165) is 21.9 Å². The average molecular weight is 300 g/mol. The number of rotatable bonds is 3. The Morgan fingerprint density at radius 1 is 1.33 bits per heavy atom. The number of imidazole rings is 1. The number of carbonyl (C=O) groups excluding carboxylic acids is 1. The minimum atomic E-state index is -0.0383. The van der Waals surface area contributed by atoms with Crippen molar-refractivity contribution in [3.8, 4) is 0 Å². The van der Waals surface area contributed by atoms with Gasteiger partial charge in [-0.1, -0.05) is 23.5 Å². The van der Waals surface area contributed by atoms with Crippen molar-refractivity contribution < 1.29 is 4.79 Å². The lowest BCUT2D eigenvalue weighted by molar-refractivity contribution is 0.0996. The molecule has 0 fully saturated rings. The Labute approximate surface area is 126 Å². The second-order valence-corrected chi connectivity index (χ2v) is 5.91. The summed E-state index contributed by atoms with van der Waals surface area (Å²) in [6.45, 7) is 2.44. The van der Waals surface area contributed by atoms with Crippen molar-refractivity contribution >= 4 is 27.9 Å². The van der Waals surface area contributed by atoms with Gasteiger partial charge in [0.25, 0.3) is 5.91 Å². The number of thiazole rings is 1. The molecule has 2 heterocycles. The van der Waals surface area contributed by atoms with Crippen molar-refractivity contribution in [2.45, 2.75) is 13.5 Å². The number of aromatic nitrogens is 2. The van der Waals surface area contributed by atoms with Gasteiger partial charge in [-0.3, -0.25) is 9.20 Å². The van der Waals surface area contributed by atoms with Crippen LogP contribution >= 0.6 is 11.3 Å². The second-order valence-electron chi connectivity index (χ2n) is 4.90. The molecule has 0 aliphatic rings. The van der Waals surface area contributed by atoms with Crippen molar-refractivity contribution in [3.63, 3.8) is 0 Å². The molecule has 3 rings (SSSR count). The first-order chi connectivity index (χ1) is 10.1. The number of hydrogen-bond donors (Lipinski definition) is 1. The molecule has 1 aromatic carbocycles. The Hall–Kier alpha value is -2.18. The summed E-state index contributed by atoms with van der Waals surface area (Å²) in [4.78, 5) is 20.0. The van der Waals surface area contributed by atoms with E-state index in [9.17, 15) is 4.79 Å². The fourth-order valence-electron chi connectivity index (χ4n) is 2.15. The zero-order chi connectivity index (χ0) is 15.0. The molecule has 0 radical (unpaired) electrons. The highest BCUT2D eigenvalue weighted by molar-refractivity contribution is 7.19. The standard InChI is InChI=1S/C15H16N4OS/c1-10-8-19-9-13(21-15(19)17-10)14(20)18(2)12-5-3-11(7-16)4-6-12/h3-6,8-9H,7,16H2,1-2H3. The smallest absolute Gasteiger partial charge is 0.269 e. The predicted molar refractivity (Wildman–Crippen MR) is 84.9 cm³/mol. The number of amides is 1. The number of nitrogens with two attached hydrogens (primary N) is 1. The number of nitrogens with zero attached hydrogens (tertiary/aromatic N) is 3. The number of hydrogen-bond acceptors (Lipinski definition) is 4. The van der Waals surface area contributed by atoms with Gasteiger partial charge in [-0.15, -0.1) is 0 Å². The van der Waals surface area contributed by atoms with E-state index < -0.39 is 0 Å². The van der Waals surface area contributed by atoms with Crippen LogP contribution in [0.2, 0.25) is 0 Å². The van der Waals surface area contributed by atoms with E-state index in [4.69, 9.17) is 5.73 Å². The fourth-order valence-corrected chi connectivity index (χ4v) is 3.14. The lowest BCUT2D eigenvalue weighted by atomic mass is 10.2. The number of carbonyl (C=O) groups is 1. The van der Waals surface area contributed by atoms with Crippen LogP contribution in [0.25, 0.3) is 4.96 Å². The molecular weight excluding hydrogens is 284 g/mol. The number of aryl methyl sites for hydroxylation is 1. The van der Waals surface area contributed by atoms with Gasteiger partial charge in [0.1, 0.15) is 4.88 Å². The summed E-state index contributed by atoms with van der Waals surface area (Å²) in [6.07, 6.45) is 3.74. The Kier molecular flexibility index (Phi) is 3.48. The van der Waals surface area contributed by atoms with Gasteiger partial charge >= 0.3 is 0 Å². The van der Waals surface area contributed by atoms with E-state index in [1.54, 1.807) is 11.9 Å². The van der Waals surface area contributed by atoms with Gasteiger partial charge in [0.2, 0.25) is 0 Å². The maximum atomic E-state index is 12.5. The predicted octanol–water partition coefficient (Wildman–Crippen LogP) is 2.44. The second kappa shape index (κ2) is 5.31. The third-order valence-electron chi connectivity index (χ3n) is 3.35. The van der Waals surface area contributed by atoms with Crippen LogP contribution in [0.1, 0.15) is 20.9 Å². The molecule has 108 valence electrons. The average Bonchev–Trinajstić information content (AvgIpc) is 3.03. The Bertz CT molecular complexity index is 756. The quantitative estimate of drug-likeness (QED) is 0.808. The van der Waals surface area contributed by atoms with Crippen molar-refractivity contribution in [3.05, 3.63) is 52.8 Å². The Morgan fingerprint density at radius 3 is 2.67 bits per heavy atom. The highest BCUT2D eigenvalue weighted by Crippen LogP contribution is 2.22. The van der Waals surface area contributed by atoms with Crippen molar-refractivity contribution in [1.82, 2.24) is 9.38 Å². The van der Waals surface area contributed by atoms with Crippen LogP contribution in [0.4, 0.5) is 5.69 Å². The minimum absolute atomic E-state index is 0.0383. The lowest BCUT2D eigenvalue weighted by Crippen LogP contribution is -2.25. The van der Waals surface area contributed by atoms with Crippen molar-refractivity contribution in [2.24, 2.45) is 5.73 Å². The fraction of sp³-hybridized carbons (Fsp3) is 0.200. The monoisotopic (exact) mass is 300 g/mol. The van der Waals surface area contributed by atoms with Crippen LogP contribution in [0.15, 0.2) is 36.7 Å². The molecule has 0 unspecified atom stereocenters. The van der Waals surface area contributed by atoms with Gasteiger partial charge in [0, 0.05) is 31.7 Å². The maximum Gasteiger partial charge on any atom is 0.269 e. The van der Waals surface area contributed by atoms with Crippen molar-refractivity contribution in [2.75, 3.05) is 11.9 Å². The molecule has 6 heteroatoms. The molecule has 0 saturated carbocycles. The van der Waals surface area contributed by atoms with Crippen LogP contribution in [0, 0.1) is 6.92 Å². The van der Waals surface area contributed by atoms with Crippen LogP contribution < -0.4 is 10.6 Å². The molecule has 1 amide bonds. The van der Waals surface area contributed by atoms with Gasteiger partial charge in [0.15, 0.2) is 4.96 Å². The first kappa shape index (κ1) is 13.8. The van der Waals surface area contributed by atoms with E-state index in [1.165, 1.54) is 11.3 Å². The summed E-state index contributed by atoms with van der Waals surface area (Å²) in [5.74, 6) is -0.0383. The molecule has 0 aliphatic carbocycles. The first-order valence-corrected chi connectivity index (χ1v) is 7.42. The highest BCUT2D eigenvalue weighted by Gasteiger charge is 2.17. The summed E-state index contributed by atoms with van der Waals surface area (Å²) in [7, 11) is 1.77. The summed E-state index contributed by atoms with van der Waals surface area (Å²) < 4.78 is 1.89. The van der Waals surface area contributed by atoms with E-state index in [2.05, 4.69) is 4.98 Å². The summed E-state index contributed by atoms with van der Waals surface area (Å²) in [5.41, 5.74) is 8.42. The van der Waals surface area contributed by atoms with Gasteiger partial charge in [-0.2, -0.15) is 0 Å². The van der Waals surface area contributed by atoms with E-state index in [0.29, 0.717) is 11.4 Å². The first-order valence-electron chi connectivity index (χ1n) is 6.60. The molecule has 21 heavy (non-hydrogen) atoms.